The number of thioether (sulfide) groups is 1. The van der Waals surface area contributed by atoms with Crippen molar-refractivity contribution in [2.45, 2.75) is 44.9 Å². The molecule has 1 amide bonds. The zero-order valence-electron chi connectivity index (χ0n) is 17.4. The quantitative estimate of drug-likeness (QED) is 0.570. The van der Waals surface area contributed by atoms with E-state index in [1.807, 2.05) is 25.3 Å². The van der Waals surface area contributed by atoms with Crippen LogP contribution in [0.3, 0.4) is 0 Å². The number of rotatable bonds is 8. The average molecular weight is 455 g/mol. The van der Waals surface area contributed by atoms with Crippen LogP contribution in [0.1, 0.15) is 27.2 Å². The summed E-state index contributed by atoms with van der Waals surface area (Å²) in [7, 11) is -3.07. The first kappa shape index (κ1) is 22.7. The second-order valence-corrected chi connectivity index (χ2v) is 11.0. The lowest BCUT2D eigenvalue weighted by atomic mass is 10.2. The first-order chi connectivity index (χ1) is 14.2. The molecule has 0 N–H and O–H groups in total. The van der Waals surface area contributed by atoms with E-state index in [1.54, 1.807) is 23.1 Å². The van der Waals surface area contributed by atoms with E-state index in [2.05, 4.69) is 10.2 Å². The highest BCUT2D eigenvalue weighted by Crippen LogP contribution is 2.27. The first-order valence-corrected chi connectivity index (χ1v) is 12.8. The summed E-state index contributed by atoms with van der Waals surface area (Å²) in [6, 6.07) is 6.15. The standard InChI is InChI=1S/C20H27FN4O3S2/c1-4-24(15-9-10-30(27,28)13-15)18(26)12-29-20-23-22-19(25(20)11-14(2)3)16-7-5-6-8-17(16)21/h5-8,14-15H,4,9-13H2,1-3H3/t15-/m1/s1. The molecule has 1 saturated heterocycles. The highest BCUT2D eigenvalue weighted by Gasteiger charge is 2.34. The van der Waals surface area contributed by atoms with E-state index >= 15 is 0 Å². The molecule has 0 radical (unpaired) electrons. The van der Waals surface area contributed by atoms with Gasteiger partial charge in [-0.3, -0.25) is 4.79 Å². The lowest BCUT2D eigenvalue weighted by molar-refractivity contribution is -0.129. The molecule has 164 valence electrons. The summed E-state index contributed by atoms with van der Waals surface area (Å²) in [6.45, 7) is 6.99. The second-order valence-electron chi connectivity index (χ2n) is 7.82. The van der Waals surface area contributed by atoms with Crippen LogP contribution in [0.15, 0.2) is 29.4 Å². The van der Waals surface area contributed by atoms with Crippen molar-refractivity contribution >= 4 is 27.5 Å². The molecule has 1 aromatic carbocycles. The molecule has 1 fully saturated rings. The van der Waals surface area contributed by atoms with Gasteiger partial charge >= 0.3 is 0 Å². The van der Waals surface area contributed by atoms with Gasteiger partial charge in [0.05, 0.1) is 22.8 Å². The maximum Gasteiger partial charge on any atom is 0.233 e. The molecule has 1 atom stereocenters. The fraction of sp³-hybridized carbons (Fsp3) is 0.550. The van der Waals surface area contributed by atoms with Crippen molar-refractivity contribution in [2.75, 3.05) is 23.8 Å². The van der Waals surface area contributed by atoms with Gasteiger partial charge in [-0.1, -0.05) is 37.7 Å². The lowest BCUT2D eigenvalue weighted by Gasteiger charge is -2.26. The van der Waals surface area contributed by atoms with E-state index < -0.39 is 9.84 Å². The van der Waals surface area contributed by atoms with Gasteiger partial charge in [-0.15, -0.1) is 10.2 Å². The van der Waals surface area contributed by atoms with Crippen molar-refractivity contribution in [3.8, 4) is 11.4 Å². The Morgan fingerprint density at radius 2 is 2.07 bits per heavy atom. The molecular weight excluding hydrogens is 427 g/mol. The number of hydrogen-bond acceptors (Lipinski definition) is 6. The molecule has 2 aromatic rings. The Hall–Kier alpha value is -1.94. The van der Waals surface area contributed by atoms with Crippen LogP contribution in [-0.2, 0) is 21.2 Å². The van der Waals surface area contributed by atoms with Crippen LogP contribution in [-0.4, -0.2) is 63.8 Å². The predicted molar refractivity (Wildman–Crippen MR) is 115 cm³/mol. The fourth-order valence-electron chi connectivity index (χ4n) is 3.64. The number of carbonyl (C=O) groups excluding carboxylic acids is 1. The van der Waals surface area contributed by atoms with E-state index in [9.17, 15) is 17.6 Å². The molecule has 7 nitrogen and oxygen atoms in total. The number of hydrogen-bond donors (Lipinski definition) is 0. The molecule has 0 unspecified atom stereocenters. The molecule has 3 rings (SSSR count). The van der Waals surface area contributed by atoms with Gasteiger partial charge in [-0.2, -0.15) is 0 Å². The third kappa shape index (κ3) is 5.21. The van der Waals surface area contributed by atoms with Crippen LogP contribution in [0.2, 0.25) is 0 Å². The maximum absolute atomic E-state index is 14.3. The number of carbonyl (C=O) groups is 1. The molecule has 0 spiro atoms. The van der Waals surface area contributed by atoms with Gasteiger partial charge < -0.3 is 9.47 Å². The minimum atomic E-state index is -3.07. The normalized spacial score (nSPS) is 18.1. The van der Waals surface area contributed by atoms with E-state index in [4.69, 9.17) is 0 Å². The summed E-state index contributed by atoms with van der Waals surface area (Å²) < 4.78 is 39.7. The first-order valence-electron chi connectivity index (χ1n) is 10.0. The van der Waals surface area contributed by atoms with Crippen LogP contribution < -0.4 is 0 Å². The molecule has 30 heavy (non-hydrogen) atoms. The smallest absolute Gasteiger partial charge is 0.233 e. The fourth-order valence-corrected chi connectivity index (χ4v) is 6.20. The zero-order valence-corrected chi connectivity index (χ0v) is 19.0. The van der Waals surface area contributed by atoms with Crippen LogP contribution in [0, 0.1) is 11.7 Å². The highest BCUT2D eigenvalue weighted by atomic mass is 32.2. The summed E-state index contributed by atoms with van der Waals surface area (Å²) in [4.78, 5) is 14.4. The Labute approximate surface area is 181 Å². The average Bonchev–Trinajstić information content (AvgIpc) is 3.23. The van der Waals surface area contributed by atoms with Gasteiger partial charge in [-0.05, 0) is 31.4 Å². The van der Waals surface area contributed by atoms with Crippen molar-refractivity contribution in [2.24, 2.45) is 5.92 Å². The summed E-state index contributed by atoms with van der Waals surface area (Å²) in [5, 5.41) is 8.94. The van der Waals surface area contributed by atoms with Crippen molar-refractivity contribution in [1.82, 2.24) is 19.7 Å². The molecule has 2 heterocycles. The molecule has 0 bridgehead atoms. The number of halogens is 1. The van der Waals surface area contributed by atoms with Crippen LogP contribution in [0.25, 0.3) is 11.4 Å². The number of amides is 1. The molecule has 0 aliphatic carbocycles. The van der Waals surface area contributed by atoms with Gasteiger partial charge in [0.25, 0.3) is 0 Å². The maximum atomic E-state index is 14.3. The van der Waals surface area contributed by atoms with Crippen molar-refractivity contribution in [3.63, 3.8) is 0 Å². The van der Waals surface area contributed by atoms with Crippen LogP contribution >= 0.6 is 11.8 Å². The predicted octanol–water partition coefficient (Wildman–Crippen LogP) is 2.87. The molecule has 1 aromatic heterocycles. The molecule has 10 heteroatoms. The Morgan fingerprint density at radius 3 is 2.67 bits per heavy atom. The van der Waals surface area contributed by atoms with Gasteiger partial charge in [0.2, 0.25) is 5.91 Å². The van der Waals surface area contributed by atoms with E-state index in [-0.39, 0.29) is 40.9 Å². The SMILES string of the molecule is CCN(C(=O)CSc1nnc(-c2ccccc2F)n1CC(C)C)[C@@H]1CCS(=O)(=O)C1. The Morgan fingerprint density at radius 1 is 1.33 bits per heavy atom. The van der Waals surface area contributed by atoms with E-state index in [0.717, 1.165) is 0 Å². The molecular formula is C20H27FN4O3S2. The minimum absolute atomic E-state index is 0.0260. The summed E-state index contributed by atoms with van der Waals surface area (Å²) in [5.41, 5.74) is 0.371. The highest BCUT2D eigenvalue weighted by molar-refractivity contribution is 7.99. The van der Waals surface area contributed by atoms with Gasteiger partial charge in [0.15, 0.2) is 20.8 Å². The van der Waals surface area contributed by atoms with Crippen LogP contribution in [0.4, 0.5) is 4.39 Å². The van der Waals surface area contributed by atoms with Gasteiger partial charge in [0, 0.05) is 19.1 Å². The number of benzene rings is 1. The van der Waals surface area contributed by atoms with Crippen molar-refractivity contribution < 1.29 is 17.6 Å². The van der Waals surface area contributed by atoms with E-state index in [1.165, 1.54) is 17.8 Å². The minimum Gasteiger partial charge on any atom is -0.338 e. The monoisotopic (exact) mass is 454 g/mol. The molecule has 1 aliphatic heterocycles. The Balaban J connectivity index is 1.77. The summed E-state index contributed by atoms with van der Waals surface area (Å²) >= 11 is 1.25. The second kappa shape index (κ2) is 9.47. The Bertz CT molecular complexity index is 1010. The molecule has 0 saturated carbocycles. The van der Waals surface area contributed by atoms with Crippen molar-refractivity contribution in [3.05, 3.63) is 30.1 Å². The van der Waals surface area contributed by atoms with Crippen LogP contribution in [0.5, 0.6) is 0 Å². The lowest BCUT2D eigenvalue weighted by Crippen LogP contribution is -2.42. The number of nitrogens with zero attached hydrogens (tertiary/aromatic N) is 4. The van der Waals surface area contributed by atoms with E-state index in [0.29, 0.717) is 36.1 Å². The summed E-state index contributed by atoms with van der Waals surface area (Å²) in [6.07, 6.45) is 0.480. The summed E-state index contributed by atoms with van der Waals surface area (Å²) in [5.74, 6) is 0.487. The largest absolute Gasteiger partial charge is 0.338 e. The number of aromatic nitrogens is 3. The van der Waals surface area contributed by atoms with Crippen molar-refractivity contribution in [1.29, 1.82) is 0 Å². The van der Waals surface area contributed by atoms with Gasteiger partial charge in [-0.25, -0.2) is 12.8 Å². The number of sulfone groups is 1. The Kier molecular flexibility index (Phi) is 7.18. The zero-order chi connectivity index (χ0) is 21.9. The molecule has 1 aliphatic rings. The third-order valence-corrected chi connectivity index (χ3v) is 7.72. The topological polar surface area (TPSA) is 85.2 Å². The third-order valence-electron chi connectivity index (χ3n) is 5.01. The van der Waals surface area contributed by atoms with Gasteiger partial charge in [0.1, 0.15) is 5.82 Å².